The summed E-state index contributed by atoms with van der Waals surface area (Å²) in [6.45, 7) is 2.39. The van der Waals surface area contributed by atoms with Crippen LogP contribution in [0.5, 0.6) is 11.5 Å². The van der Waals surface area contributed by atoms with E-state index in [2.05, 4.69) is 46.4 Å². The number of carbonyl (C=O) groups excluding carboxylic acids is 2. The number of rotatable bonds is 7. The number of benzene rings is 4. The van der Waals surface area contributed by atoms with Gasteiger partial charge in [-0.1, -0.05) is 61.5 Å². The van der Waals surface area contributed by atoms with E-state index in [1.54, 1.807) is 19.2 Å². The largest absolute Gasteiger partial charge is 0.493 e. The van der Waals surface area contributed by atoms with Crippen molar-refractivity contribution in [2.24, 2.45) is 0 Å². The zero-order valence-electron chi connectivity index (χ0n) is 21.4. The number of methoxy groups -OCH3 is 1. The van der Waals surface area contributed by atoms with Crippen molar-refractivity contribution in [3.05, 3.63) is 106 Å². The van der Waals surface area contributed by atoms with Crippen LogP contribution in [0.1, 0.15) is 23.6 Å². The quantitative estimate of drug-likeness (QED) is 0.147. The van der Waals surface area contributed by atoms with Crippen LogP contribution in [-0.4, -0.2) is 24.0 Å². The maximum Gasteiger partial charge on any atom is 0.270 e. The normalized spacial score (nSPS) is 14.6. The highest BCUT2D eigenvalue weighted by atomic mass is 79.9. The summed E-state index contributed by atoms with van der Waals surface area (Å²) in [5.74, 6) is -0.0781. The third-order valence-corrected chi connectivity index (χ3v) is 7.39. The number of nitrogens with zero attached hydrogens (tertiary/aromatic N) is 1. The molecule has 196 valence electrons. The molecule has 2 amide bonds. The van der Waals surface area contributed by atoms with Crippen LogP contribution >= 0.6 is 28.1 Å². The van der Waals surface area contributed by atoms with E-state index in [1.165, 1.54) is 11.0 Å². The van der Waals surface area contributed by atoms with Gasteiger partial charge in [-0.15, -0.1) is 0 Å². The summed E-state index contributed by atoms with van der Waals surface area (Å²) < 4.78 is 12.4. The highest BCUT2D eigenvalue weighted by Crippen LogP contribution is 2.38. The zero-order valence-corrected chi connectivity index (χ0v) is 23.8. The SMILES string of the molecule is CCc1ccc(N2C(=O)/C(=C\c3cc(Br)c(OCc4cccc5ccccc45)c(OC)c3)C(=O)NC2=S)cc1. The van der Waals surface area contributed by atoms with Crippen molar-refractivity contribution in [1.29, 1.82) is 0 Å². The van der Waals surface area contributed by atoms with Crippen molar-refractivity contribution in [1.82, 2.24) is 5.32 Å². The van der Waals surface area contributed by atoms with Gasteiger partial charge in [-0.3, -0.25) is 19.8 Å². The van der Waals surface area contributed by atoms with Crippen LogP contribution in [0.3, 0.4) is 0 Å². The van der Waals surface area contributed by atoms with Gasteiger partial charge in [-0.05, 0) is 92.4 Å². The number of anilines is 1. The Labute approximate surface area is 240 Å². The molecule has 8 heteroatoms. The first-order valence-electron chi connectivity index (χ1n) is 12.4. The van der Waals surface area contributed by atoms with Gasteiger partial charge >= 0.3 is 0 Å². The highest BCUT2D eigenvalue weighted by molar-refractivity contribution is 9.10. The molecule has 0 aliphatic carbocycles. The lowest BCUT2D eigenvalue weighted by molar-refractivity contribution is -0.122. The maximum atomic E-state index is 13.4. The molecule has 1 aliphatic rings. The van der Waals surface area contributed by atoms with Crippen molar-refractivity contribution in [3.63, 3.8) is 0 Å². The van der Waals surface area contributed by atoms with E-state index >= 15 is 0 Å². The number of amides is 2. The van der Waals surface area contributed by atoms with Crippen LogP contribution in [0, 0.1) is 0 Å². The minimum absolute atomic E-state index is 0.0402. The van der Waals surface area contributed by atoms with Gasteiger partial charge in [0.2, 0.25) is 0 Å². The summed E-state index contributed by atoms with van der Waals surface area (Å²) in [7, 11) is 1.54. The molecule has 0 atom stereocenters. The molecular formula is C31H25BrN2O4S. The Morgan fingerprint density at radius 1 is 1.00 bits per heavy atom. The van der Waals surface area contributed by atoms with E-state index < -0.39 is 11.8 Å². The number of nitrogens with one attached hydrogen (secondary N) is 1. The molecule has 4 aromatic carbocycles. The lowest BCUT2D eigenvalue weighted by Crippen LogP contribution is -2.54. The molecule has 0 radical (unpaired) electrons. The van der Waals surface area contributed by atoms with Crippen molar-refractivity contribution in [2.75, 3.05) is 12.0 Å². The Kier molecular flexibility index (Phi) is 7.77. The van der Waals surface area contributed by atoms with Crippen LogP contribution in [0.25, 0.3) is 16.8 Å². The van der Waals surface area contributed by atoms with E-state index in [0.29, 0.717) is 33.8 Å². The zero-order chi connectivity index (χ0) is 27.5. The standard InChI is InChI=1S/C31H25BrN2O4S/c1-3-19-11-13-23(14-12-19)34-30(36)25(29(35)33-31(34)39)15-20-16-26(32)28(27(17-20)37-2)38-18-22-9-6-8-21-7-4-5-10-24(21)22/h4-17H,3,18H2,1-2H3,(H,33,35,39)/b25-15-. The Hall–Kier alpha value is -4.01. The molecule has 0 aromatic heterocycles. The molecule has 1 saturated heterocycles. The number of hydrogen-bond acceptors (Lipinski definition) is 5. The molecule has 4 aromatic rings. The molecule has 39 heavy (non-hydrogen) atoms. The number of carbonyl (C=O) groups is 2. The van der Waals surface area contributed by atoms with Gasteiger partial charge in [-0.2, -0.15) is 0 Å². The van der Waals surface area contributed by atoms with E-state index in [-0.39, 0.29) is 10.7 Å². The molecule has 5 rings (SSSR count). The van der Waals surface area contributed by atoms with Gasteiger partial charge in [0.1, 0.15) is 12.2 Å². The number of hydrogen-bond donors (Lipinski definition) is 1. The smallest absolute Gasteiger partial charge is 0.270 e. The summed E-state index contributed by atoms with van der Waals surface area (Å²) in [4.78, 5) is 27.5. The molecule has 0 spiro atoms. The van der Waals surface area contributed by atoms with Crippen molar-refractivity contribution in [2.45, 2.75) is 20.0 Å². The van der Waals surface area contributed by atoms with Gasteiger partial charge in [0, 0.05) is 0 Å². The Morgan fingerprint density at radius 2 is 1.74 bits per heavy atom. The number of ether oxygens (including phenoxy) is 2. The summed E-state index contributed by atoms with van der Waals surface area (Å²) in [5.41, 5.74) is 3.31. The first-order valence-corrected chi connectivity index (χ1v) is 13.6. The lowest BCUT2D eigenvalue weighted by Gasteiger charge is -2.29. The van der Waals surface area contributed by atoms with Crippen LogP contribution in [0.4, 0.5) is 5.69 Å². The van der Waals surface area contributed by atoms with Gasteiger partial charge < -0.3 is 9.47 Å². The van der Waals surface area contributed by atoms with E-state index in [4.69, 9.17) is 21.7 Å². The fourth-order valence-corrected chi connectivity index (χ4v) is 5.33. The fourth-order valence-electron chi connectivity index (χ4n) is 4.47. The predicted octanol–water partition coefficient (Wildman–Crippen LogP) is 6.58. The third-order valence-electron chi connectivity index (χ3n) is 6.52. The molecule has 1 aliphatic heterocycles. The van der Waals surface area contributed by atoms with Crippen LogP contribution in [0.15, 0.2) is 88.9 Å². The molecule has 0 unspecified atom stereocenters. The summed E-state index contributed by atoms with van der Waals surface area (Å²) in [5, 5.41) is 4.92. The Bertz CT molecular complexity index is 1630. The third kappa shape index (κ3) is 5.44. The van der Waals surface area contributed by atoms with Gasteiger partial charge in [-0.25, -0.2) is 0 Å². The molecule has 0 saturated carbocycles. The summed E-state index contributed by atoms with van der Waals surface area (Å²) in [6.07, 6.45) is 2.40. The second-order valence-corrected chi connectivity index (χ2v) is 10.2. The molecule has 1 heterocycles. The maximum absolute atomic E-state index is 13.4. The first-order chi connectivity index (χ1) is 18.9. The average molecular weight is 602 g/mol. The average Bonchev–Trinajstić information content (AvgIpc) is 2.94. The predicted molar refractivity (Wildman–Crippen MR) is 161 cm³/mol. The van der Waals surface area contributed by atoms with Crippen LogP contribution in [0.2, 0.25) is 0 Å². The van der Waals surface area contributed by atoms with Gasteiger partial charge in [0.25, 0.3) is 11.8 Å². The summed E-state index contributed by atoms with van der Waals surface area (Å²) in [6, 6.07) is 25.2. The number of fused-ring (bicyclic) bond motifs is 1. The van der Waals surface area contributed by atoms with E-state index in [9.17, 15) is 9.59 Å². The number of halogens is 1. The molecule has 0 bridgehead atoms. The minimum Gasteiger partial charge on any atom is -0.493 e. The molecule has 1 fully saturated rings. The lowest BCUT2D eigenvalue weighted by atomic mass is 10.1. The monoisotopic (exact) mass is 600 g/mol. The second-order valence-electron chi connectivity index (χ2n) is 8.94. The van der Waals surface area contributed by atoms with Gasteiger partial charge in [0.15, 0.2) is 16.6 Å². The van der Waals surface area contributed by atoms with Crippen molar-refractivity contribution >= 4 is 67.6 Å². The summed E-state index contributed by atoms with van der Waals surface area (Å²) >= 11 is 8.90. The molecule has 1 N–H and O–H groups in total. The second kappa shape index (κ2) is 11.4. The van der Waals surface area contributed by atoms with E-state index in [1.807, 2.05) is 48.5 Å². The van der Waals surface area contributed by atoms with Crippen molar-refractivity contribution < 1.29 is 19.1 Å². The van der Waals surface area contributed by atoms with Crippen molar-refractivity contribution in [3.8, 4) is 11.5 Å². The number of aryl methyl sites for hydroxylation is 1. The Balaban J connectivity index is 1.43. The topological polar surface area (TPSA) is 67.9 Å². The Morgan fingerprint density at radius 3 is 2.49 bits per heavy atom. The first kappa shape index (κ1) is 26.6. The van der Waals surface area contributed by atoms with E-state index in [0.717, 1.165) is 28.3 Å². The van der Waals surface area contributed by atoms with Crippen LogP contribution in [-0.2, 0) is 22.6 Å². The highest BCUT2D eigenvalue weighted by Gasteiger charge is 2.34. The molecule has 6 nitrogen and oxygen atoms in total. The van der Waals surface area contributed by atoms with Gasteiger partial charge in [0.05, 0.1) is 17.3 Å². The van der Waals surface area contributed by atoms with Crippen LogP contribution < -0.4 is 19.7 Å². The molecular weight excluding hydrogens is 576 g/mol. The number of thiocarbonyl (C=S) groups is 1. The fraction of sp³-hybridized carbons (Fsp3) is 0.129. The minimum atomic E-state index is -0.558.